The Hall–Kier alpha value is -0.970. The molecule has 0 saturated carbocycles. The molecule has 0 bridgehead atoms. The predicted octanol–water partition coefficient (Wildman–Crippen LogP) is -0.00940. The zero-order valence-corrected chi connectivity index (χ0v) is 6.89. The molecule has 1 aromatic rings. The van der Waals surface area contributed by atoms with Crippen LogP contribution < -0.4 is 4.74 Å². The lowest BCUT2D eigenvalue weighted by atomic mass is 10.7. The normalized spacial score (nSPS) is 11.2. The van der Waals surface area contributed by atoms with Crippen molar-refractivity contribution in [3.63, 3.8) is 0 Å². The number of ether oxygens (including phenoxy) is 1. The van der Waals surface area contributed by atoms with Gasteiger partial charge in [0.2, 0.25) is 0 Å². The summed E-state index contributed by atoms with van der Waals surface area (Å²) in [5.41, 5.74) is 0. The summed E-state index contributed by atoms with van der Waals surface area (Å²) < 4.78 is 14.9. The fourth-order valence-electron chi connectivity index (χ4n) is 0.502. The molecule has 6 nitrogen and oxygen atoms in total. The van der Waals surface area contributed by atoms with Gasteiger partial charge in [0.25, 0.3) is 0 Å². The quantitative estimate of drug-likeness (QED) is 0.651. The van der Waals surface area contributed by atoms with Crippen LogP contribution in [0.3, 0.4) is 0 Å². The molecule has 0 radical (unpaired) electrons. The SMILES string of the molecule is O=P(O)(O)COc1ncccn1. The summed E-state index contributed by atoms with van der Waals surface area (Å²) in [7, 11) is -4.13. The van der Waals surface area contributed by atoms with E-state index in [0.29, 0.717) is 0 Å². The average molecular weight is 190 g/mol. The van der Waals surface area contributed by atoms with Crippen LogP contribution in [0.2, 0.25) is 0 Å². The smallest absolute Gasteiger partial charge is 0.362 e. The Morgan fingerprint density at radius 2 is 2.00 bits per heavy atom. The van der Waals surface area contributed by atoms with Gasteiger partial charge in [0.05, 0.1) is 0 Å². The molecule has 0 unspecified atom stereocenters. The minimum Gasteiger partial charge on any atom is -0.450 e. The van der Waals surface area contributed by atoms with Crippen molar-refractivity contribution < 1.29 is 19.1 Å². The largest absolute Gasteiger partial charge is 0.450 e. The highest BCUT2D eigenvalue weighted by Gasteiger charge is 2.14. The standard InChI is InChI=1S/C5H7N2O4P/c8-12(9,10)4-11-5-6-2-1-3-7-5/h1-3H,4H2,(H2,8,9,10). The summed E-state index contributed by atoms with van der Waals surface area (Å²) in [4.78, 5) is 24.0. The molecular formula is C5H7N2O4P. The Morgan fingerprint density at radius 3 is 2.50 bits per heavy atom. The van der Waals surface area contributed by atoms with Crippen molar-refractivity contribution in [1.29, 1.82) is 0 Å². The highest BCUT2D eigenvalue weighted by Crippen LogP contribution is 2.33. The lowest BCUT2D eigenvalue weighted by Gasteiger charge is -2.03. The van der Waals surface area contributed by atoms with E-state index >= 15 is 0 Å². The Bertz CT molecular complexity index is 285. The summed E-state index contributed by atoms with van der Waals surface area (Å²) in [5, 5.41) is 0. The van der Waals surface area contributed by atoms with Crippen LogP contribution in [-0.2, 0) is 4.57 Å². The van der Waals surface area contributed by atoms with E-state index in [4.69, 9.17) is 9.79 Å². The van der Waals surface area contributed by atoms with Crippen LogP contribution in [0.25, 0.3) is 0 Å². The molecule has 0 aliphatic rings. The number of aromatic nitrogens is 2. The first kappa shape index (κ1) is 9.12. The molecule has 0 atom stereocenters. The van der Waals surface area contributed by atoms with Crippen LogP contribution in [-0.4, -0.2) is 26.1 Å². The molecule has 1 aromatic heterocycles. The molecule has 0 spiro atoms. The Balaban J connectivity index is 2.50. The van der Waals surface area contributed by atoms with E-state index in [1.54, 1.807) is 6.07 Å². The van der Waals surface area contributed by atoms with Crippen LogP contribution in [0.15, 0.2) is 18.5 Å². The number of hydrogen-bond acceptors (Lipinski definition) is 4. The summed E-state index contributed by atoms with van der Waals surface area (Å²) in [6, 6.07) is 1.53. The monoisotopic (exact) mass is 190 g/mol. The fourth-order valence-corrected chi connectivity index (χ4v) is 0.785. The second-order valence-electron chi connectivity index (χ2n) is 1.97. The van der Waals surface area contributed by atoms with Crippen molar-refractivity contribution >= 4 is 7.60 Å². The van der Waals surface area contributed by atoms with E-state index in [0.717, 1.165) is 0 Å². The van der Waals surface area contributed by atoms with Gasteiger partial charge in [-0.2, -0.15) is 0 Å². The zero-order chi connectivity index (χ0) is 9.03. The molecule has 1 heterocycles. The third-order valence-electron chi connectivity index (χ3n) is 0.904. The van der Waals surface area contributed by atoms with E-state index in [9.17, 15) is 4.57 Å². The van der Waals surface area contributed by atoms with Crippen molar-refractivity contribution in [3.05, 3.63) is 18.5 Å². The number of nitrogens with zero attached hydrogens (tertiary/aromatic N) is 2. The summed E-state index contributed by atoms with van der Waals surface area (Å²) in [6.45, 7) is 0. The number of rotatable bonds is 3. The molecule has 0 aliphatic carbocycles. The van der Waals surface area contributed by atoms with Gasteiger partial charge in [-0.05, 0) is 6.07 Å². The minimum absolute atomic E-state index is 0.0409. The topological polar surface area (TPSA) is 92.5 Å². The third kappa shape index (κ3) is 3.43. The molecule has 2 N–H and O–H groups in total. The van der Waals surface area contributed by atoms with Crippen molar-refractivity contribution in [1.82, 2.24) is 9.97 Å². The Labute approximate surface area is 68.4 Å². The maximum absolute atomic E-state index is 10.3. The van der Waals surface area contributed by atoms with Gasteiger partial charge in [0.15, 0.2) is 6.35 Å². The van der Waals surface area contributed by atoms with Gasteiger partial charge in [-0.1, -0.05) is 0 Å². The van der Waals surface area contributed by atoms with E-state index < -0.39 is 13.9 Å². The van der Waals surface area contributed by atoms with Crippen LogP contribution in [0.4, 0.5) is 0 Å². The van der Waals surface area contributed by atoms with E-state index in [-0.39, 0.29) is 6.01 Å². The fraction of sp³-hybridized carbons (Fsp3) is 0.200. The Morgan fingerprint density at radius 1 is 1.42 bits per heavy atom. The molecule has 66 valence electrons. The molecule has 0 fully saturated rings. The second kappa shape index (κ2) is 3.62. The maximum Gasteiger partial charge on any atom is 0.362 e. The molecule has 0 aliphatic heterocycles. The molecule has 12 heavy (non-hydrogen) atoms. The first-order valence-electron chi connectivity index (χ1n) is 3.02. The van der Waals surface area contributed by atoms with Crippen molar-refractivity contribution in [3.8, 4) is 6.01 Å². The van der Waals surface area contributed by atoms with Crippen molar-refractivity contribution in [2.24, 2.45) is 0 Å². The first-order valence-corrected chi connectivity index (χ1v) is 4.82. The highest BCUT2D eigenvalue weighted by molar-refractivity contribution is 7.51. The molecule has 7 heteroatoms. The van der Waals surface area contributed by atoms with Crippen LogP contribution in [0, 0.1) is 0 Å². The van der Waals surface area contributed by atoms with Gasteiger partial charge in [0, 0.05) is 12.4 Å². The average Bonchev–Trinajstić information content (AvgIpc) is 2.02. The molecule has 1 rings (SSSR count). The van der Waals surface area contributed by atoms with Gasteiger partial charge in [-0.25, -0.2) is 9.97 Å². The number of hydrogen-bond donors (Lipinski definition) is 2. The summed E-state index contributed by atoms with van der Waals surface area (Å²) >= 11 is 0. The van der Waals surface area contributed by atoms with E-state index in [1.165, 1.54) is 12.4 Å². The third-order valence-corrected chi connectivity index (χ3v) is 1.37. The van der Waals surface area contributed by atoms with Gasteiger partial charge in [0.1, 0.15) is 0 Å². The van der Waals surface area contributed by atoms with Crippen LogP contribution >= 0.6 is 7.60 Å². The van der Waals surface area contributed by atoms with Crippen LogP contribution in [0.1, 0.15) is 0 Å². The lowest BCUT2D eigenvalue weighted by molar-refractivity contribution is 0.286. The second-order valence-corrected chi connectivity index (χ2v) is 3.56. The Kier molecular flexibility index (Phi) is 2.75. The molecular weight excluding hydrogens is 183 g/mol. The first-order chi connectivity index (χ1) is 5.58. The predicted molar refractivity (Wildman–Crippen MR) is 39.6 cm³/mol. The van der Waals surface area contributed by atoms with Gasteiger partial charge >= 0.3 is 13.6 Å². The van der Waals surface area contributed by atoms with Crippen molar-refractivity contribution in [2.45, 2.75) is 0 Å². The maximum atomic E-state index is 10.3. The van der Waals surface area contributed by atoms with Gasteiger partial charge < -0.3 is 14.5 Å². The van der Waals surface area contributed by atoms with Gasteiger partial charge in [-0.15, -0.1) is 0 Å². The lowest BCUT2D eigenvalue weighted by Crippen LogP contribution is -2.00. The van der Waals surface area contributed by atoms with E-state index in [1.807, 2.05) is 0 Å². The summed E-state index contributed by atoms with van der Waals surface area (Å²) in [5.74, 6) is 0. The van der Waals surface area contributed by atoms with Gasteiger partial charge in [-0.3, -0.25) is 4.57 Å². The highest BCUT2D eigenvalue weighted by atomic mass is 31.2. The molecule has 0 saturated heterocycles. The van der Waals surface area contributed by atoms with E-state index in [2.05, 4.69) is 14.7 Å². The van der Waals surface area contributed by atoms with Crippen LogP contribution in [0.5, 0.6) is 6.01 Å². The van der Waals surface area contributed by atoms with Crippen molar-refractivity contribution in [2.75, 3.05) is 6.35 Å². The summed E-state index contributed by atoms with van der Waals surface area (Å²) in [6.07, 6.45) is 2.14. The molecule has 0 aromatic carbocycles. The minimum atomic E-state index is -4.13. The zero-order valence-electron chi connectivity index (χ0n) is 5.99. The molecule has 0 amide bonds.